The highest BCUT2D eigenvalue weighted by atomic mass is 16.5. The van der Waals surface area contributed by atoms with E-state index in [0.29, 0.717) is 25.4 Å². The predicted octanol–water partition coefficient (Wildman–Crippen LogP) is 0.319. The van der Waals surface area contributed by atoms with Gasteiger partial charge in [-0.25, -0.2) is 0 Å². The maximum absolute atomic E-state index is 11.7. The lowest BCUT2D eigenvalue weighted by molar-refractivity contribution is -0.120. The number of ether oxygens (including phenoxy) is 1. The molecule has 1 atom stereocenters. The van der Waals surface area contributed by atoms with Crippen LogP contribution in [0.15, 0.2) is 24.3 Å². The van der Waals surface area contributed by atoms with Crippen LogP contribution in [0.2, 0.25) is 0 Å². The van der Waals surface area contributed by atoms with E-state index in [1.54, 1.807) is 12.1 Å². The van der Waals surface area contributed by atoms with E-state index < -0.39 is 0 Å². The summed E-state index contributed by atoms with van der Waals surface area (Å²) in [6.07, 6.45) is 0. The van der Waals surface area contributed by atoms with Gasteiger partial charge in [0.05, 0.1) is 13.2 Å². The molecule has 1 aromatic carbocycles. The van der Waals surface area contributed by atoms with E-state index in [0.717, 1.165) is 0 Å². The van der Waals surface area contributed by atoms with Crippen molar-refractivity contribution < 1.29 is 14.6 Å². The molecule has 1 aromatic rings. The summed E-state index contributed by atoms with van der Waals surface area (Å²) in [5.74, 6) is 0.0579. The first kappa shape index (κ1) is 10.9. The van der Waals surface area contributed by atoms with Crippen LogP contribution in [-0.2, 0) is 9.53 Å². The molecule has 0 saturated carbocycles. The maximum atomic E-state index is 11.7. The van der Waals surface area contributed by atoms with Crippen LogP contribution >= 0.6 is 0 Å². The number of nitrogens with one attached hydrogen (secondary N) is 2. The molecule has 1 fully saturated rings. The number of phenols is 1. The molecule has 16 heavy (non-hydrogen) atoms. The van der Waals surface area contributed by atoms with Crippen LogP contribution in [0.1, 0.15) is 0 Å². The van der Waals surface area contributed by atoms with Crippen LogP contribution in [0.3, 0.4) is 0 Å². The average molecular weight is 222 g/mol. The zero-order chi connectivity index (χ0) is 11.4. The number of hydrogen-bond donors (Lipinski definition) is 3. The Kier molecular flexibility index (Phi) is 3.38. The lowest BCUT2D eigenvalue weighted by Crippen LogP contribution is -2.48. The van der Waals surface area contributed by atoms with Crippen molar-refractivity contribution in [3.05, 3.63) is 24.3 Å². The van der Waals surface area contributed by atoms with Crippen LogP contribution < -0.4 is 10.6 Å². The fourth-order valence-corrected chi connectivity index (χ4v) is 1.51. The number of benzene rings is 1. The Morgan fingerprint density at radius 1 is 1.44 bits per heavy atom. The standard InChI is InChI=1S/C11H14N2O3/c14-9-3-1-8(2-4-9)13-11(15)10-7-16-6-5-12-10/h1-4,10,12,14H,5-7H2,(H,13,15). The maximum Gasteiger partial charge on any atom is 0.243 e. The molecule has 1 saturated heterocycles. The SMILES string of the molecule is O=C(Nc1ccc(O)cc1)C1COCCN1. The summed E-state index contributed by atoms with van der Waals surface area (Å²) < 4.78 is 5.20. The molecule has 2 rings (SSSR count). The number of rotatable bonds is 2. The van der Waals surface area contributed by atoms with Crippen molar-refractivity contribution in [3.63, 3.8) is 0 Å². The third kappa shape index (κ3) is 2.71. The topological polar surface area (TPSA) is 70.6 Å². The Hall–Kier alpha value is -1.59. The number of carbonyl (C=O) groups is 1. The number of aromatic hydroxyl groups is 1. The number of amides is 1. The molecule has 86 valence electrons. The van der Waals surface area contributed by atoms with Gasteiger partial charge >= 0.3 is 0 Å². The van der Waals surface area contributed by atoms with Gasteiger partial charge in [0.15, 0.2) is 0 Å². The Bertz CT molecular complexity index is 358. The molecule has 0 aliphatic carbocycles. The Labute approximate surface area is 93.4 Å². The molecule has 0 aromatic heterocycles. The Morgan fingerprint density at radius 2 is 2.19 bits per heavy atom. The zero-order valence-corrected chi connectivity index (χ0v) is 8.77. The van der Waals surface area contributed by atoms with Gasteiger partial charge < -0.3 is 20.5 Å². The van der Waals surface area contributed by atoms with Gasteiger partial charge in [-0.15, -0.1) is 0 Å². The van der Waals surface area contributed by atoms with Crippen LogP contribution in [-0.4, -0.2) is 36.8 Å². The van der Waals surface area contributed by atoms with Crippen LogP contribution in [0.4, 0.5) is 5.69 Å². The quantitative estimate of drug-likeness (QED) is 0.630. The lowest BCUT2D eigenvalue weighted by atomic mass is 10.2. The second-order valence-corrected chi connectivity index (χ2v) is 3.62. The largest absolute Gasteiger partial charge is 0.508 e. The fraction of sp³-hybridized carbons (Fsp3) is 0.364. The van der Waals surface area contributed by atoms with Crippen LogP contribution in [0.25, 0.3) is 0 Å². The smallest absolute Gasteiger partial charge is 0.243 e. The lowest BCUT2D eigenvalue weighted by Gasteiger charge is -2.22. The summed E-state index contributed by atoms with van der Waals surface area (Å²) in [5.41, 5.74) is 0.662. The van der Waals surface area contributed by atoms with Gasteiger partial charge in [0.25, 0.3) is 0 Å². The normalized spacial score (nSPS) is 20.4. The molecule has 3 N–H and O–H groups in total. The predicted molar refractivity (Wildman–Crippen MR) is 59.3 cm³/mol. The number of phenolic OH excluding ortho intramolecular Hbond substituents is 1. The third-order valence-electron chi connectivity index (χ3n) is 2.37. The molecule has 0 bridgehead atoms. The summed E-state index contributed by atoms with van der Waals surface area (Å²) >= 11 is 0. The summed E-state index contributed by atoms with van der Waals surface area (Å²) in [5, 5.41) is 14.9. The van der Waals surface area contributed by atoms with Crippen LogP contribution in [0.5, 0.6) is 5.75 Å². The van der Waals surface area contributed by atoms with Crippen LogP contribution in [0, 0.1) is 0 Å². The number of morpholine rings is 1. The molecule has 1 amide bonds. The second-order valence-electron chi connectivity index (χ2n) is 3.62. The van der Waals surface area contributed by atoms with Crippen molar-refractivity contribution in [3.8, 4) is 5.75 Å². The summed E-state index contributed by atoms with van der Waals surface area (Å²) in [6.45, 7) is 1.72. The minimum atomic E-state index is -0.303. The van der Waals surface area contributed by atoms with Gasteiger partial charge in [0.2, 0.25) is 5.91 Å². The van der Waals surface area contributed by atoms with Crippen molar-refractivity contribution in [1.82, 2.24) is 5.32 Å². The van der Waals surface area contributed by atoms with Gasteiger partial charge in [0.1, 0.15) is 11.8 Å². The highest BCUT2D eigenvalue weighted by molar-refractivity contribution is 5.95. The molecule has 0 spiro atoms. The highest BCUT2D eigenvalue weighted by Crippen LogP contribution is 2.13. The molecule has 5 nitrogen and oxygen atoms in total. The highest BCUT2D eigenvalue weighted by Gasteiger charge is 2.20. The minimum Gasteiger partial charge on any atom is -0.508 e. The fourth-order valence-electron chi connectivity index (χ4n) is 1.51. The van der Waals surface area contributed by atoms with Gasteiger partial charge in [-0.1, -0.05) is 0 Å². The monoisotopic (exact) mass is 222 g/mol. The number of anilines is 1. The van der Waals surface area contributed by atoms with Gasteiger partial charge in [-0.2, -0.15) is 0 Å². The first-order valence-electron chi connectivity index (χ1n) is 5.17. The van der Waals surface area contributed by atoms with Crippen molar-refractivity contribution >= 4 is 11.6 Å². The second kappa shape index (κ2) is 4.96. The molecule has 1 aliphatic heterocycles. The first-order chi connectivity index (χ1) is 7.75. The summed E-state index contributed by atoms with van der Waals surface area (Å²) in [6, 6.07) is 6.05. The average Bonchev–Trinajstić information content (AvgIpc) is 2.33. The van der Waals surface area contributed by atoms with Gasteiger partial charge in [-0.05, 0) is 24.3 Å². The number of carbonyl (C=O) groups excluding carboxylic acids is 1. The Morgan fingerprint density at radius 3 is 2.81 bits per heavy atom. The van der Waals surface area contributed by atoms with Crippen molar-refractivity contribution in [2.45, 2.75) is 6.04 Å². The van der Waals surface area contributed by atoms with E-state index in [2.05, 4.69) is 10.6 Å². The summed E-state index contributed by atoms with van der Waals surface area (Å²) in [4.78, 5) is 11.7. The molecule has 0 radical (unpaired) electrons. The molecule has 1 heterocycles. The van der Waals surface area contributed by atoms with Crippen molar-refractivity contribution in [2.75, 3.05) is 25.1 Å². The van der Waals surface area contributed by atoms with Crippen molar-refractivity contribution in [2.24, 2.45) is 0 Å². The molecular weight excluding hydrogens is 208 g/mol. The van der Waals surface area contributed by atoms with E-state index >= 15 is 0 Å². The zero-order valence-electron chi connectivity index (χ0n) is 8.77. The van der Waals surface area contributed by atoms with E-state index in [4.69, 9.17) is 9.84 Å². The Balaban J connectivity index is 1.93. The molecule has 1 aliphatic rings. The molecule has 5 heteroatoms. The van der Waals surface area contributed by atoms with Crippen molar-refractivity contribution in [1.29, 1.82) is 0 Å². The third-order valence-corrected chi connectivity index (χ3v) is 2.37. The van der Waals surface area contributed by atoms with Gasteiger partial charge in [0, 0.05) is 12.2 Å². The number of hydrogen-bond acceptors (Lipinski definition) is 4. The minimum absolute atomic E-state index is 0.120. The molecular formula is C11H14N2O3. The van der Waals surface area contributed by atoms with E-state index in [9.17, 15) is 4.79 Å². The summed E-state index contributed by atoms with van der Waals surface area (Å²) in [7, 11) is 0. The van der Waals surface area contributed by atoms with Gasteiger partial charge in [-0.3, -0.25) is 4.79 Å². The molecule has 1 unspecified atom stereocenters. The van der Waals surface area contributed by atoms with E-state index in [1.165, 1.54) is 12.1 Å². The van der Waals surface area contributed by atoms with E-state index in [1.807, 2.05) is 0 Å². The first-order valence-corrected chi connectivity index (χ1v) is 5.17. The van der Waals surface area contributed by atoms with E-state index in [-0.39, 0.29) is 17.7 Å².